The fourth-order valence-electron chi connectivity index (χ4n) is 3.17. The van der Waals surface area contributed by atoms with Crippen molar-refractivity contribution in [1.82, 2.24) is 5.32 Å². The van der Waals surface area contributed by atoms with Crippen molar-refractivity contribution in [3.8, 4) is 0 Å². The number of ketones is 1. The van der Waals surface area contributed by atoms with E-state index < -0.39 is 13.5 Å². The fourth-order valence-corrected chi connectivity index (χ4v) is 4.83. The van der Waals surface area contributed by atoms with Crippen molar-refractivity contribution in [1.29, 1.82) is 0 Å². The van der Waals surface area contributed by atoms with Crippen LogP contribution in [0.3, 0.4) is 0 Å². The summed E-state index contributed by atoms with van der Waals surface area (Å²) < 4.78 is 24.1. The third kappa shape index (κ3) is 9.08. The Labute approximate surface area is 192 Å². The SMILES string of the molecule is CCOP(=O)(CNC(=O)[C@@H](CC(=O)Cc1ccc(Br)cc1)Cc1ccccc1)OCC. The number of halogens is 1. The average molecular weight is 510 g/mol. The molecule has 2 aromatic carbocycles. The van der Waals surface area contributed by atoms with Crippen LogP contribution in [0.1, 0.15) is 31.4 Å². The Morgan fingerprint density at radius 2 is 1.58 bits per heavy atom. The standard InChI is InChI=1S/C23H29BrNO5P/c1-3-29-31(28,30-4-2)17-25-23(27)20(14-18-8-6-5-7-9-18)16-22(26)15-19-10-12-21(24)13-11-19/h5-13,20H,3-4,14-17H2,1-2H3,(H,25,27)/t20-/m1/s1. The zero-order chi connectivity index (χ0) is 22.7. The summed E-state index contributed by atoms with van der Waals surface area (Å²) in [6.07, 6.45) is 0.526. The Balaban J connectivity index is 2.07. The molecule has 0 aromatic heterocycles. The van der Waals surface area contributed by atoms with E-state index >= 15 is 0 Å². The minimum Gasteiger partial charge on any atom is -0.344 e. The highest BCUT2D eigenvalue weighted by atomic mass is 79.9. The molecule has 0 bridgehead atoms. The Bertz CT molecular complexity index is 879. The van der Waals surface area contributed by atoms with Crippen molar-refractivity contribution < 1.29 is 23.2 Å². The molecule has 0 heterocycles. The van der Waals surface area contributed by atoms with E-state index in [0.29, 0.717) is 6.42 Å². The number of rotatable bonds is 13. The second kappa shape index (κ2) is 12.9. The predicted molar refractivity (Wildman–Crippen MR) is 125 cm³/mol. The van der Waals surface area contributed by atoms with Crippen LogP contribution in [0.15, 0.2) is 59.1 Å². The van der Waals surface area contributed by atoms with Crippen molar-refractivity contribution in [3.05, 3.63) is 70.2 Å². The fraction of sp³-hybridized carbons (Fsp3) is 0.391. The minimum absolute atomic E-state index is 0.0313. The van der Waals surface area contributed by atoms with Gasteiger partial charge in [-0.25, -0.2) is 0 Å². The van der Waals surface area contributed by atoms with Gasteiger partial charge in [-0.2, -0.15) is 0 Å². The van der Waals surface area contributed by atoms with Gasteiger partial charge in [0.1, 0.15) is 12.1 Å². The van der Waals surface area contributed by atoms with E-state index in [1.807, 2.05) is 54.6 Å². The normalized spacial score (nSPS) is 12.4. The summed E-state index contributed by atoms with van der Waals surface area (Å²) in [4.78, 5) is 25.6. The van der Waals surface area contributed by atoms with Gasteiger partial charge < -0.3 is 14.4 Å². The first-order chi connectivity index (χ1) is 14.8. The number of hydrogen-bond donors (Lipinski definition) is 1. The third-order valence-corrected chi connectivity index (χ3v) is 6.96. The lowest BCUT2D eigenvalue weighted by Crippen LogP contribution is -2.34. The molecule has 0 saturated heterocycles. The van der Waals surface area contributed by atoms with Gasteiger partial charge in [-0.3, -0.25) is 14.2 Å². The van der Waals surface area contributed by atoms with E-state index in [1.165, 1.54) is 0 Å². The van der Waals surface area contributed by atoms with Gasteiger partial charge in [0.15, 0.2) is 0 Å². The van der Waals surface area contributed by atoms with Gasteiger partial charge in [0.2, 0.25) is 5.91 Å². The number of Topliss-reactive ketones (excluding diaryl/α,β-unsaturated/α-hetero) is 1. The molecular weight excluding hydrogens is 481 g/mol. The van der Waals surface area contributed by atoms with Crippen molar-refractivity contribution in [2.24, 2.45) is 5.92 Å². The van der Waals surface area contributed by atoms with Gasteiger partial charge in [-0.15, -0.1) is 0 Å². The van der Waals surface area contributed by atoms with E-state index in [4.69, 9.17) is 9.05 Å². The van der Waals surface area contributed by atoms with Gasteiger partial charge in [0, 0.05) is 23.2 Å². The van der Waals surface area contributed by atoms with Crippen LogP contribution < -0.4 is 5.32 Å². The number of benzene rings is 2. The number of nitrogens with one attached hydrogen (secondary N) is 1. The maximum atomic E-state index is 12.9. The van der Waals surface area contributed by atoms with Crippen LogP contribution in [-0.2, 0) is 36.0 Å². The highest BCUT2D eigenvalue weighted by Crippen LogP contribution is 2.46. The second-order valence-electron chi connectivity index (χ2n) is 7.08. The number of amides is 1. The number of hydrogen-bond acceptors (Lipinski definition) is 5. The Hall–Kier alpha value is -1.79. The van der Waals surface area contributed by atoms with E-state index in [1.54, 1.807) is 13.8 Å². The molecular formula is C23H29BrNO5P. The summed E-state index contributed by atoms with van der Waals surface area (Å²) in [5.74, 6) is -0.953. The van der Waals surface area contributed by atoms with Crippen LogP contribution in [0, 0.1) is 5.92 Å². The molecule has 1 amide bonds. The van der Waals surface area contributed by atoms with Crippen molar-refractivity contribution in [3.63, 3.8) is 0 Å². The molecule has 0 radical (unpaired) electrons. The molecule has 0 aliphatic rings. The van der Waals surface area contributed by atoms with E-state index in [-0.39, 0.29) is 44.0 Å². The molecule has 0 aliphatic carbocycles. The summed E-state index contributed by atoms with van der Waals surface area (Å²) >= 11 is 3.38. The first kappa shape index (κ1) is 25.5. The zero-order valence-corrected chi connectivity index (χ0v) is 20.4. The van der Waals surface area contributed by atoms with Gasteiger partial charge in [-0.05, 0) is 43.5 Å². The Morgan fingerprint density at radius 1 is 0.968 bits per heavy atom. The monoisotopic (exact) mass is 509 g/mol. The molecule has 0 aliphatic heterocycles. The summed E-state index contributed by atoms with van der Waals surface area (Å²) in [7, 11) is -3.41. The lowest BCUT2D eigenvalue weighted by atomic mass is 9.91. The van der Waals surface area contributed by atoms with E-state index in [9.17, 15) is 14.2 Å². The molecule has 168 valence electrons. The summed E-state index contributed by atoms with van der Waals surface area (Å²) in [5.41, 5.74) is 1.85. The molecule has 0 unspecified atom stereocenters. The molecule has 0 spiro atoms. The molecule has 31 heavy (non-hydrogen) atoms. The summed E-state index contributed by atoms with van der Waals surface area (Å²) in [6, 6.07) is 17.1. The van der Waals surface area contributed by atoms with Crippen molar-refractivity contribution in [2.75, 3.05) is 19.5 Å². The van der Waals surface area contributed by atoms with Crippen LogP contribution in [0.25, 0.3) is 0 Å². The maximum absolute atomic E-state index is 12.9. The van der Waals surface area contributed by atoms with Crippen molar-refractivity contribution in [2.45, 2.75) is 33.1 Å². The first-order valence-corrected chi connectivity index (χ1v) is 12.8. The lowest BCUT2D eigenvalue weighted by molar-refractivity contribution is -0.129. The van der Waals surface area contributed by atoms with Gasteiger partial charge in [0.25, 0.3) is 0 Å². The van der Waals surface area contributed by atoms with E-state index in [2.05, 4.69) is 21.2 Å². The maximum Gasteiger partial charge on any atom is 0.349 e. The van der Waals surface area contributed by atoms with Crippen LogP contribution in [0.2, 0.25) is 0 Å². The van der Waals surface area contributed by atoms with Crippen LogP contribution in [0.4, 0.5) is 0 Å². The quantitative estimate of drug-likeness (QED) is 0.377. The lowest BCUT2D eigenvalue weighted by Gasteiger charge is -2.20. The average Bonchev–Trinajstić information content (AvgIpc) is 2.74. The number of carbonyl (C=O) groups excluding carboxylic acids is 2. The van der Waals surface area contributed by atoms with Gasteiger partial charge >= 0.3 is 7.60 Å². The Morgan fingerprint density at radius 3 is 2.16 bits per heavy atom. The number of carbonyl (C=O) groups is 2. The minimum atomic E-state index is -3.41. The van der Waals surface area contributed by atoms with E-state index in [0.717, 1.165) is 15.6 Å². The van der Waals surface area contributed by atoms with Crippen LogP contribution in [0.5, 0.6) is 0 Å². The molecule has 8 heteroatoms. The molecule has 6 nitrogen and oxygen atoms in total. The molecule has 1 N–H and O–H groups in total. The molecule has 0 saturated carbocycles. The molecule has 2 aromatic rings. The summed E-state index contributed by atoms with van der Waals surface area (Å²) in [6.45, 7) is 3.86. The first-order valence-electron chi connectivity index (χ1n) is 10.3. The summed E-state index contributed by atoms with van der Waals surface area (Å²) in [5, 5.41) is 2.68. The third-order valence-electron chi connectivity index (χ3n) is 4.58. The van der Waals surface area contributed by atoms with Gasteiger partial charge in [0.05, 0.1) is 13.2 Å². The van der Waals surface area contributed by atoms with Crippen LogP contribution >= 0.6 is 23.5 Å². The zero-order valence-electron chi connectivity index (χ0n) is 17.9. The molecule has 2 rings (SSSR count). The van der Waals surface area contributed by atoms with Gasteiger partial charge in [-0.1, -0.05) is 58.4 Å². The smallest absolute Gasteiger partial charge is 0.344 e. The highest BCUT2D eigenvalue weighted by Gasteiger charge is 2.28. The van der Waals surface area contributed by atoms with Crippen molar-refractivity contribution >= 4 is 35.2 Å². The van der Waals surface area contributed by atoms with Crippen LogP contribution in [-0.4, -0.2) is 31.2 Å². The Kier molecular flexibility index (Phi) is 10.6. The molecule has 0 fully saturated rings. The largest absolute Gasteiger partial charge is 0.349 e. The predicted octanol–water partition coefficient (Wildman–Crippen LogP) is 5.15. The topological polar surface area (TPSA) is 81.7 Å². The highest BCUT2D eigenvalue weighted by molar-refractivity contribution is 9.10. The molecule has 1 atom stereocenters. The second-order valence-corrected chi connectivity index (χ2v) is 10.0.